The molecule has 10 heteroatoms. The molecule has 7 nitrogen and oxygen atoms in total. The Balaban J connectivity index is 2.79. The second kappa shape index (κ2) is 15.2. The molecular formula is C22H33Cl2N3O4S. The van der Waals surface area contributed by atoms with Crippen LogP contribution < -0.4 is 15.5 Å². The summed E-state index contributed by atoms with van der Waals surface area (Å²) in [6, 6.07) is 5.76. The zero-order valence-corrected chi connectivity index (χ0v) is 21.1. The molecule has 0 heterocycles. The van der Waals surface area contributed by atoms with Crippen molar-refractivity contribution in [2.45, 2.75) is 38.8 Å². The van der Waals surface area contributed by atoms with Crippen LogP contribution in [0.2, 0.25) is 0 Å². The first-order valence-electron chi connectivity index (χ1n) is 10.5. The maximum absolute atomic E-state index is 12.7. The largest absolute Gasteiger partial charge is 0.480 e. The predicted octanol–water partition coefficient (Wildman–Crippen LogP) is 2.98. The van der Waals surface area contributed by atoms with E-state index in [1.807, 2.05) is 30.5 Å². The van der Waals surface area contributed by atoms with Crippen LogP contribution in [0.1, 0.15) is 25.8 Å². The number of carboxylic acids is 1. The van der Waals surface area contributed by atoms with Gasteiger partial charge in [-0.1, -0.05) is 26.0 Å². The smallest absolute Gasteiger partial charge is 0.326 e. The van der Waals surface area contributed by atoms with Gasteiger partial charge < -0.3 is 20.6 Å². The average Bonchev–Trinajstić information content (AvgIpc) is 2.74. The van der Waals surface area contributed by atoms with Gasteiger partial charge in [0.1, 0.15) is 12.1 Å². The highest BCUT2D eigenvalue weighted by atomic mass is 35.5. The number of rotatable bonds is 15. The summed E-state index contributed by atoms with van der Waals surface area (Å²) in [5, 5.41) is 14.6. The van der Waals surface area contributed by atoms with Crippen molar-refractivity contribution in [3.63, 3.8) is 0 Å². The maximum atomic E-state index is 12.7. The molecule has 1 aromatic carbocycles. The van der Waals surface area contributed by atoms with Crippen LogP contribution in [-0.2, 0) is 20.8 Å². The van der Waals surface area contributed by atoms with E-state index in [0.29, 0.717) is 37.0 Å². The lowest BCUT2D eigenvalue weighted by Crippen LogP contribution is -2.53. The van der Waals surface area contributed by atoms with Crippen molar-refractivity contribution in [3.05, 3.63) is 29.8 Å². The Bertz CT molecular complexity index is 728. The lowest BCUT2D eigenvalue weighted by atomic mass is 10.0. The summed E-state index contributed by atoms with van der Waals surface area (Å²) in [4.78, 5) is 38.8. The summed E-state index contributed by atoms with van der Waals surface area (Å²) < 4.78 is 0. The Morgan fingerprint density at radius 3 is 2.12 bits per heavy atom. The van der Waals surface area contributed by atoms with Crippen molar-refractivity contribution in [1.29, 1.82) is 0 Å². The van der Waals surface area contributed by atoms with Crippen LogP contribution in [0.4, 0.5) is 5.69 Å². The number of hydrogen-bond donors (Lipinski definition) is 3. The minimum atomic E-state index is -1.10. The maximum Gasteiger partial charge on any atom is 0.326 e. The molecule has 0 unspecified atom stereocenters. The van der Waals surface area contributed by atoms with Crippen molar-refractivity contribution in [2.75, 3.05) is 41.8 Å². The molecule has 0 aromatic heterocycles. The molecule has 180 valence electrons. The van der Waals surface area contributed by atoms with E-state index < -0.39 is 24.0 Å². The molecule has 0 bridgehead atoms. The standard InChI is InChI=1S/C22H33Cl2N3O4S/c1-15(2)20(22(30)31)26-21(29)18(8-13-32-3)25-19(28)14-16-4-6-17(7-5-16)27(11-9-23)12-10-24/h4-7,15,18,20H,8-14H2,1-3H3,(H,25,28)(H,26,29)(H,30,31)/t18-,20-/m0/s1. The number of halogens is 2. The van der Waals surface area contributed by atoms with Gasteiger partial charge in [-0.25, -0.2) is 4.79 Å². The highest BCUT2D eigenvalue weighted by Gasteiger charge is 2.28. The second-order valence-electron chi connectivity index (χ2n) is 7.68. The number of nitrogens with zero attached hydrogens (tertiary/aromatic N) is 1. The average molecular weight is 506 g/mol. The van der Waals surface area contributed by atoms with Gasteiger partial charge in [0.25, 0.3) is 0 Å². The first-order chi connectivity index (χ1) is 15.2. The molecule has 1 rings (SSSR count). The van der Waals surface area contributed by atoms with Gasteiger partial charge in [0.2, 0.25) is 11.8 Å². The van der Waals surface area contributed by atoms with E-state index in [9.17, 15) is 19.5 Å². The zero-order valence-electron chi connectivity index (χ0n) is 18.8. The van der Waals surface area contributed by atoms with Gasteiger partial charge in [-0.05, 0) is 42.0 Å². The Hall–Kier alpha value is -1.64. The van der Waals surface area contributed by atoms with Crippen LogP contribution in [0.3, 0.4) is 0 Å². The van der Waals surface area contributed by atoms with Crippen LogP contribution in [0.25, 0.3) is 0 Å². The third-order valence-corrected chi connectivity index (χ3v) is 5.85. The first kappa shape index (κ1) is 28.4. The van der Waals surface area contributed by atoms with Crippen LogP contribution in [0.5, 0.6) is 0 Å². The summed E-state index contributed by atoms with van der Waals surface area (Å²) in [6.45, 7) is 4.79. The molecule has 0 aliphatic carbocycles. The summed E-state index contributed by atoms with van der Waals surface area (Å²) in [7, 11) is 0. The van der Waals surface area contributed by atoms with Crippen molar-refractivity contribution in [2.24, 2.45) is 5.92 Å². The summed E-state index contributed by atoms with van der Waals surface area (Å²) >= 11 is 13.3. The number of carbonyl (C=O) groups excluding carboxylic acids is 2. The van der Waals surface area contributed by atoms with Gasteiger partial charge >= 0.3 is 5.97 Å². The predicted molar refractivity (Wildman–Crippen MR) is 133 cm³/mol. The highest BCUT2D eigenvalue weighted by molar-refractivity contribution is 7.98. The number of aliphatic carboxylic acids is 1. The van der Waals surface area contributed by atoms with Gasteiger partial charge in [0.05, 0.1) is 6.42 Å². The van der Waals surface area contributed by atoms with E-state index in [1.165, 1.54) is 0 Å². The van der Waals surface area contributed by atoms with E-state index in [0.717, 1.165) is 11.3 Å². The molecule has 2 amide bonds. The molecular weight excluding hydrogens is 473 g/mol. The molecule has 32 heavy (non-hydrogen) atoms. The topological polar surface area (TPSA) is 98.7 Å². The number of nitrogens with one attached hydrogen (secondary N) is 2. The van der Waals surface area contributed by atoms with E-state index in [-0.39, 0.29) is 18.2 Å². The normalized spacial score (nSPS) is 12.8. The Morgan fingerprint density at radius 2 is 1.66 bits per heavy atom. The van der Waals surface area contributed by atoms with Crippen LogP contribution in [0, 0.1) is 5.92 Å². The van der Waals surface area contributed by atoms with Crippen molar-refractivity contribution in [1.82, 2.24) is 10.6 Å². The van der Waals surface area contributed by atoms with Gasteiger partial charge in [-0.15, -0.1) is 23.2 Å². The van der Waals surface area contributed by atoms with Crippen LogP contribution in [0.15, 0.2) is 24.3 Å². The lowest BCUT2D eigenvalue weighted by Gasteiger charge is -2.24. The molecule has 0 radical (unpaired) electrons. The number of alkyl halides is 2. The quantitative estimate of drug-likeness (QED) is 0.317. The molecule has 1 aromatic rings. The Kier molecular flexibility index (Phi) is 13.5. The molecule has 3 N–H and O–H groups in total. The van der Waals surface area contributed by atoms with Crippen molar-refractivity contribution < 1.29 is 19.5 Å². The number of hydrogen-bond acceptors (Lipinski definition) is 5. The molecule has 0 spiro atoms. The number of benzene rings is 1. The number of carboxylic acid groups (broad SMARTS) is 1. The van der Waals surface area contributed by atoms with Crippen molar-refractivity contribution in [3.8, 4) is 0 Å². The van der Waals surface area contributed by atoms with Gasteiger partial charge in [-0.3, -0.25) is 9.59 Å². The summed E-state index contributed by atoms with van der Waals surface area (Å²) in [5.74, 6) is -0.524. The fourth-order valence-electron chi connectivity index (χ4n) is 3.10. The molecule has 0 saturated carbocycles. The minimum absolute atomic E-state index is 0.112. The van der Waals surface area contributed by atoms with E-state index in [2.05, 4.69) is 15.5 Å². The van der Waals surface area contributed by atoms with Crippen LogP contribution >= 0.6 is 35.0 Å². The molecule has 2 atom stereocenters. The minimum Gasteiger partial charge on any atom is -0.480 e. The first-order valence-corrected chi connectivity index (χ1v) is 13.0. The van der Waals surface area contributed by atoms with Crippen molar-refractivity contribution >= 4 is 58.4 Å². The monoisotopic (exact) mass is 505 g/mol. The SMILES string of the molecule is CSCC[C@H](NC(=O)Cc1ccc(N(CCCl)CCCl)cc1)C(=O)N[C@H](C(=O)O)C(C)C. The van der Waals surface area contributed by atoms with E-state index in [4.69, 9.17) is 23.2 Å². The van der Waals surface area contributed by atoms with E-state index >= 15 is 0 Å². The fraction of sp³-hybridized carbons (Fsp3) is 0.591. The second-order valence-corrected chi connectivity index (χ2v) is 9.42. The summed E-state index contributed by atoms with van der Waals surface area (Å²) in [6.07, 6.45) is 2.43. The Morgan fingerprint density at radius 1 is 1.06 bits per heavy atom. The third kappa shape index (κ3) is 9.88. The highest BCUT2D eigenvalue weighted by Crippen LogP contribution is 2.16. The molecule has 0 fully saturated rings. The Labute approximate surface area is 204 Å². The zero-order chi connectivity index (χ0) is 24.1. The molecule has 0 aliphatic heterocycles. The van der Waals surface area contributed by atoms with Crippen LogP contribution in [-0.4, -0.2) is 71.8 Å². The number of carbonyl (C=O) groups is 3. The number of amides is 2. The number of thioether (sulfide) groups is 1. The fourth-order valence-corrected chi connectivity index (χ4v) is 3.98. The number of anilines is 1. The van der Waals surface area contributed by atoms with Gasteiger partial charge in [-0.2, -0.15) is 11.8 Å². The van der Waals surface area contributed by atoms with Gasteiger partial charge in [0.15, 0.2) is 0 Å². The molecule has 0 aliphatic rings. The summed E-state index contributed by atoms with van der Waals surface area (Å²) in [5.41, 5.74) is 1.78. The molecule has 0 saturated heterocycles. The van der Waals surface area contributed by atoms with E-state index in [1.54, 1.807) is 25.6 Å². The van der Waals surface area contributed by atoms with Gasteiger partial charge in [0, 0.05) is 30.5 Å². The third-order valence-electron chi connectivity index (χ3n) is 4.87. The lowest BCUT2D eigenvalue weighted by molar-refractivity contribution is -0.143.